The Morgan fingerprint density at radius 1 is 1.21 bits per heavy atom. The quantitative estimate of drug-likeness (QED) is 0.651. The number of nitrogens with two attached hydrogens (primary N) is 1. The summed E-state index contributed by atoms with van der Waals surface area (Å²) in [4.78, 5) is 13.0. The van der Waals surface area contributed by atoms with Crippen LogP contribution in [0.5, 0.6) is 0 Å². The van der Waals surface area contributed by atoms with Crippen LogP contribution < -0.4 is 10.5 Å². The van der Waals surface area contributed by atoms with Crippen LogP contribution in [-0.4, -0.2) is 45.1 Å². The molecule has 1 aliphatic heterocycles. The van der Waals surface area contributed by atoms with Gasteiger partial charge in [0.2, 0.25) is 10.0 Å². The highest BCUT2D eigenvalue weighted by molar-refractivity contribution is 7.92. The van der Waals surface area contributed by atoms with Gasteiger partial charge < -0.3 is 10.5 Å². The van der Waals surface area contributed by atoms with Crippen LogP contribution in [0.3, 0.4) is 0 Å². The fourth-order valence-electron chi connectivity index (χ4n) is 4.15. The first-order valence-corrected chi connectivity index (χ1v) is 11.8. The Bertz CT molecular complexity index is 950. The number of halogens is 1. The lowest BCUT2D eigenvalue weighted by atomic mass is 9.74. The zero-order chi connectivity index (χ0) is 21.0. The van der Waals surface area contributed by atoms with Gasteiger partial charge in [-0.25, -0.2) is 8.42 Å². The molecule has 0 bridgehead atoms. The summed E-state index contributed by atoms with van der Waals surface area (Å²) in [6.45, 7) is 1.34. The number of anilines is 1. The third-order valence-electron chi connectivity index (χ3n) is 5.40. The van der Waals surface area contributed by atoms with Gasteiger partial charge in [-0.05, 0) is 41.7 Å². The molecule has 0 aliphatic carbocycles. The molecule has 2 aromatic rings. The SMILES string of the molecule is CS(=O)(=O)Nc1ccccc1C1CCN(CCC=O)[C@@H](N)C1c1ccc(Cl)cc1. The molecule has 8 heteroatoms. The first-order chi connectivity index (χ1) is 13.8. The van der Waals surface area contributed by atoms with Crippen molar-refractivity contribution < 1.29 is 13.2 Å². The molecule has 1 saturated heterocycles. The van der Waals surface area contributed by atoms with Crippen LogP contribution in [0.4, 0.5) is 5.69 Å². The number of nitrogens with zero attached hydrogens (tertiary/aromatic N) is 1. The molecule has 0 radical (unpaired) electrons. The summed E-state index contributed by atoms with van der Waals surface area (Å²) in [5, 5.41) is 0.645. The number of sulfonamides is 1. The third-order valence-corrected chi connectivity index (χ3v) is 6.24. The van der Waals surface area contributed by atoms with Crippen LogP contribution in [0.1, 0.15) is 35.8 Å². The third kappa shape index (κ3) is 5.36. The van der Waals surface area contributed by atoms with Crippen molar-refractivity contribution in [2.45, 2.75) is 30.8 Å². The average Bonchev–Trinajstić information content (AvgIpc) is 2.67. The van der Waals surface area contributed by atoms with E-state index in [1.54, 1.807) is 6.07 Å². The Labute approximate surface area is 177 Å². The molecule has 3 rings (SSSR count). The molecular formula is C21H26ClN3O3S. The Morgan fingerprint density at radius 3 is 2.55 bits per heavy atom. The van der Waals surface area contributed by atoms with Crippen molar-refractivity contribution in [1.29, 1.82) is 0 Å². The number of rotatable bonds is 7. The normalized spacial score (nSPS) is 22.9. The molecule has 0 amide bonds. The monoisotopic (exact) mass is 435 g/mol. The van der Waals surface area contributed by atoms with Crippen LogP contribution in [0.25, 0.3) is 0 Å². The fraction of sp³-hybridized carbons (Fsp3) is 0.381. The Morgan fingerprint density at radius 2 is 1.90 bits per heavy atom. The van der Waals surface area contributed by atoms with E-state index in [9.17, 15) is 13.2 Å². The van der Waals surface area contributed by atoms with Crippen molar-refractivity contribution in [3.05, 3.63) is 64.7 Å². The van der Waals surface area contributed by atoms with Gasteiger partial charge >= 0.3 is 0 Å². The van der Waals surface area contributed by atoms with Gasteiger partial charge in [0.25, 0.3) is 0 Å². The van der Waals surface area contributed by atoms with E-state index in [0.29, 0.717) is 23.7 Å². The van der Waals surface area contributed by atoms with Crippen LogP contribution >= 0.6 is 11.6 Å². The number of benzene rings is 2. The summed E-state index contributed by atoms with van der Waals surface area (Å²) in [6.07, 6.45) is 2.97. The first kappa shape index (κ1) is 21.8. The fourth-order valence-corrected chi connectivity index (χ4v) is 4.87. The van der Waals surface area contributed by atoms with Gasteiger partial charge in [-0.15, -0.1) is 0 Å². The van der Waals surface area contributed by atoms with Crippen molar-refractivity contribution >= 4 is 33.6 Å². The molecule has 2 unspecified atom stereocenters. The summed E-state index contributed by atoms with van der Waals surface area (Å²) < 4.78 is 26.4. The molecule has 2 aromatic carbocycles. The predicted octanol–water partition coefficient (Wildman–Crippen LogP) is 3.16. The van der Waals surface area contributed by atoms with E-state index in [1.807, 2.05) is 42.5 Å². The topological polar surface area (TPSA) is 92.5 Å². The van der Waals surface area contributed by atoms with Gasteiger partial charge in [-0.3, -0.25) is 9.62 Å². The van der Waals surface area contributed by atoms with E-state index in [2.05, 4.69) is 9.62 Å². The van der Waals surface area contributed by atoms with Gasteiger partial charge in [-0.2, -0.15) is 0 Å². The van der Waals surface area contributed by atoms with E-state index in [-0.39, 0.29) is 18.0 Å². The first-order valence-electron chi connectivity index (χ1n) is 9.55. The molecule has 1 heterocycles. The van der Waals surface area contributed by atoms with Crippen molar-refractivity contribution in [2.24, 2.45) is 5.73 Å². The van der Waals surface area contributed by atoms with Crippen LogP contribution in [0, 0.1) is 0 Å². The minimum Gasteiger partial charge on any atom is -0.315 e. The number of carbonyl (C=O) groups excluding carboxylic acids is 1. The minimum absolute atomic E-state index is 0.0177. The molecule has 3 atom stereocenters. The lowest BCUT2D eigenvalue weighted by Crippen LogP contribution is -2.52. The molecule has 0 aromatic heterocycles. The zero-order valence-corrected chi connectivity index (χ0v) is 17.9. The second-order valence-electron chi connectivity index (χ2n) is 7.42. The molecule has 1 fully saturated rings. The predicted molar refractivity (Wildman–Crippen MR) is 117 cm³/mol. The highest BCUT2D eigenvalue weighted by atomic mass is 35.5. The van der Waals surface area contributed by atoms with E-state index in [4.69, 9.17) is 17.3 Å². The second-order valence-corrected chi connectivity index (χ2v) is 9.60. The van der Waals surface area contributed by atoms with Gasteiger partial charge in [-0.1, -0.05) is 41.9 Å². The van der Waals surface area contributed by atoms with Crippen molar-refractivity contribution in [3.63, 3.8) is 0 Å². The summed E-state index contributed by atoms with van der Waals surface area (Å²) in [5.41, 5.74) is 9.21. The van der Waals surface area contributed by atoms with E-state index in [1.165, 1.54) is 0 Å². The minimum atomic E-state index is -3.41. The van der Waals surface area contributed by atoms with Crippen LogP contribution in [0.2, 0.25) is 5.02 Å². The molecule has 3 N–H and O–H groups in total. The van der Waals surface area contributed by atoms with Gasteiger partial charge in [0.1, 0.15) is 6.29 Å². The summed E-state index contributed by atoms with van der Waals surface area (Å²) in [5.74, 6) is -0.0562. The smallest absolute Gasteiger partial charge is 0.229 e. The van der Waals surface area contributed by atoms with E-state index >= 15 is 0 Å². The Hall–Kier alpha value is -1.93. The Balaban J connectivity index is 2.02. The number of piperidine rings is 1. The number of nitrogens with one attached hydrogen (secondary N) is 1. The van der Waals surface area contributed by atoms with Gasteiger partial charge in [0.15, 0.2) is 0 Å². The van der Waals surface area contributed by atoms with Crippen molar-refractivity contribution in [2.75, 3.05) is 24.1 Å². The number of carbonyl (C=O) groups is 1. The van der Waals surface area contributed by atoms with Gasteiger partial charge in [0, 0.05) is 30.5 Å². The second kappa shape index (κ2) is 9.26. The zero-order valence-electron chi connectivity index (χ0n) is 16.3. The van der Waals surface area contributed by atoms with Crippen molar-refractivity contribution in [1.82, 2.24) is 4.90 Å². The number of para-hydroxylation sites is 1. The molecule has 0 saturated carbocycles. The van der Waals surface area contributed by atoms with Crippen LogP contribution in [0.15, 0.2) is 48.5 Å². The lowest BCUT2D eigenvalue weighted by Gasteiger charge is -2.44. The summed E-state index contributed by atoms with van der Waals surface area (Å²) in [6, 6.07) is 15.1. The molecular weight excluding hydrogens is 410 g/mol. The molecule has 156 valence electrons. The number of hydrogen-bond acceptors (Lipinski definition) is 5. The Kier molecular flexibility index (Phi) is 6.95. The maximum Gasteiger partial charge on any atom is 0.229 e. The van der Waals surface area contributed by atoms with Crippen molar-refractivity contribution in [3.8, 4) is 0 Å². The lowest BCUT2D eigenvalue weighted by molar-refractivity contribution is -0.108. The maximum absolute atomic E-state index is 11.9. The molecule has 0 spiro atoms. The number of hydrogen-bond donors (Lipinski definition) is 2. The summed E-state index contributed by atoms with van der Waals surface area (Å²) >= 11 is 6.08. The van der Waals surface area contributed by atoms with Crippen LogP contribution in [-0.2, 0) is 14.8 Å². The maximum atomic E-state index is 11.9. The number of likely N-dealkylation sites (tertiary alicyclic amines) is 1. The largest absolute Gasteiger partial charge is 0.315 e. The molecule has 6 nitrogen and oxygen atoms in total. The number of aldehydes is 1. The highest BCUT2D eigenvalue weighted by Crippen LogP contribution is 2.44. The standard InChI is InChI=1S/C21H26ClN3O3S/c1-29(27,28)24-19-6-3-2-5-17(19)18-11-13-25(12-4-14-26)21(23)20(18)15-7-9-16(22)10-8-15/h2-3,5-10,14,18,20-21,24H,4,11-13,23H2,1H3/t18?,20?,21-/m1/s1. The van der Waals surface area contributed by atoms with E-state index in [0.717, 1.165) is 36.6 Å². The van der Waals surface area contributed by atoms with Gasteiger partial charge in [0.05, 0.1) is 18.1 Å². The average molecular weight is 436 g/mol. The highest BCUT2D eigenvalue weighted by Gasteiger charge is 2.38. The van der Waals surface area contributed by atoms with E-state index < -0.39 is 10.0 Å². The molecule has 29 heavy (non-hydrogen) atoms. The summed E-state index contributed by atoms with van der Waals surface area (Å²) in [7, 11) is -3.41. The molecule has 1 aliphatic rings.